The first-order valence-corrected chi connectivity index (χ1v) is 10.8. The van der Waals surface area contributed by atoms with E-state index in [4.69, 9.17) is 0 Å². The van der Waals surface area contributed by atoms with Crippen molar-refractivity contribution in [3.8, 4) is 0 Å². The van der Waals surface area contributed by atoms with Gasteiger partial charge in [0.15, 0.2) is 0 Å². The normalized spacial score (nSPS) is 23.9. The molecule has 3 aliphatic carbocycles. The number of hydrogen-bond donors (Lipinski definition) is 0. The zero-order valence-electron chi connectivity index (χ0n) is 14.4. The average Bonchev–Trinajstić information content (AvgIpc) is 2.51. The Hall–Kier alpha value is 2.12. The zero-order valence-corrected chi connectivity index (χ0v) is 20.1. The minimum absolute atomic E-state index is 0. The van der Waals surface area contributed by atoms with E-state index in [1.807, 2.05) is 0 Å². The Balaban J connectivity index is 0. The minimum Gasteiger partial charge on any atom is -1.00 e. The topological polar surface area (TPSA) is 0 Å². The Kier molecular flexibility index (Phi) is 18.1. The van der Waals surface area contributed by atoms with E-state index < -0.39 is 0 Å². The molecule has 0 atom stereocenters. The summed E-state index contributed by atoms with van der Waals surface area (Å²) in [4.78, 5) is 0. The van der Waals surface area contributed by atoms with E-state index in [-0.39, 0.29) is 61.6 Å². The van der Waals surface area contributed by atoms with Crippen molar-refractivity contribution in [1.82, 2.24) is 0 Å². The summed E-state index contributed by atoms with van der Waals surface area (Å²) in [5, 5.41) is 0. The van der Waals surface area contributed by atoms with Crippen molar-refractivity contribution in [3.63, 3.8) is 0 Å². The van der Waals surface area contributed by atoms with Crippen molar-refractivity contribution >= 4 is 32.3 Å². The van der Waals surface area contributed by atoms with Gasteiger partial charge in [0.05, 0.1) is 0 Å². The quantitative estimate of drug-likeness (QED) is 0.284. The van der Waals surface area contributed by atoms with Gasteiger partial charge in [0.2, 0.25) is 0 Å². The van der Waals surface area contributed by atoms with Crippen molar-refractivity contribution in [2.24, 2.45) is 0 Å². The molecule has 3 fully saturated rings. The van der Waals surface area contributed by atoms with E-state index in [2.05, 4.69) is 0 Å². The molecule has 23 heavy (non-hydrogen) atoms. The molecule has 3 aliphatic rings. The first-order chi connectivity index (χ1) is 9.45. The summed E-state index contributed by atoms with van der Waals surface area (Å²) in [7, 11) is 0.385. The van der Waals surface area contributed by atoms with Gasteiger partial charge in [-0.1, -0.05) is 65.7 Å². The molecule has 0 unspecified atom stereocenters. The van der Waals surface area contributed by atoms with Gasteiger partial charge in [0.1, 0.15) is 0 Å². The third-order valence-corrected chi connectivity index (χ3v) is 10.1. The Labute approximate surface area is 181 Å². The first-order valence-electron chi connectivity index (χ1n) is 9.22. The monoisotopic (exact) mass is 506 g/mol. The maximum absolute atomic E-state index is 1.61. The predicted octanol–water partition coefficient (Wildman–Crippen LogP) is -2.90. The minimum atomic E-state index is 0. The second-order valence-electron chi connectivity index (χ2n) is 7.32. The third kappa shape index (κ3) is 8.12. The van der Waals surface area contributed by atoms with E-state index in [0.717, 1.165) is 0 Å². The van der Waals surface area contributed by atoms with E-state index in [9.17, 15) is 0 Å². The van der Waals surface area contributed by atoms with Gasteiger partial charge in [0, 0.05) is 0 Å². The molecule has 0 saturated heterocycles. The molecular weight excluding hydrogens is 475 g/mol. The summed E-state index contributed by atoms with van der Waals surface area (Å²) in [5.74, 6) is 0. The Morgan fingerprint density at radius 2 is 0.609 bits per heavy atom. The second-order valence-corrected chi connectivity index (χ2v) is 10.4. The van der Waals surface area contributed by atoms with Crippen LogP contribution in [0.25, 0.3) is 0 Å². The van der Waals surface area contributed by atoms with E-state index in [0.29, 0.717) is 7.92 Å². The molecule has 0 nitrogen and oxygen atoms in total. The van der Waals surface area contributed by atoms with Crippen LogP contribution in [0, 0.1) is 0 Å². The van der Waals surface area contributed by atoms with Gasteiger partial charge >= 0.3 is 24.4 Å². The summed E-state index contributed by atoms with van der Waals surface area (Å²) in [6.07, 6.45) is 23.6. The Morgan fingerprint density at radius 3 is 0.826 bits per heavy atom. The molecular formula is C18H33Cl3PSb. The molecule has 2 radical (unpaired) electrons. The Morgan fingerprint density at radius 1 is 0.391 bits per heavy atom. The first kappa shape index (κ1) is 27.3. The van der Waals surface area contributed by atoms with Gasteiger partial charge in [-0.15, -0.1) is 0 Å². The van der Waals surface area contributed by atoms with Crippen LogP contribution in [0.5, 0.6) is 0 Å². The van der Waals surface area contributed by atoms with Gasteiger partial charge in [-0.25, -0.2) is 0 Å². The molecule has 0 amide bonds. The standard InChI is InChI=1S/C18H33P.3ClH.Sb/c1-4-10-16(11-5-1)19(17-12-6-2-7-13-17)18-14-8-3-9-15-18;;;;/h16-18H,1-15H2;3*1H;/q;;;;+3/p-3. The largest absolute Gasteiger partial charge is 3.00 e. The SMILES string of the molecule is C1CCC(P(C2CCCCC2)C2CCCCC2)CC1.[Cl-].[Cl-].[Cl-].[Sb+3]. The molecule has 0 aromatic carbocycles. The number of rotatable bonds is 3. The molecule has 0 aromatic heterocycles. The smallest absolute Gasteiger partial charge is 1.00 e. The third-order valence-electron chi connectivity index (χ3n) is 5.99. The molecule has 0 heterocycles. The summed E-state index contributed by atoms with van der Waals surface area (Å²) in [6, 6.07) is 0. The fourth-order valence-corrected chi connectivity index (χ4v) is 9.71. The van der Waals surface area contributed by atoms with Crippen LogP contribution in [-0.2, 0) is 0 Å². The fraction of sp³-hybridized carbons (Fsp3) is 1.00. The van der Waals surface area contributed by atoms with Crippen LogP contribution in [0.4, 0.5) is 0 Å². The molecule has 3 rings (SSSR count). The fourth-order valence-electron chi connectivity index (χ4n) is 5.03. The van der Waals surface area contributed by atoms with Crippen molar-refractivity contribution in [2.45, 2.75) is 113 Å². The molecule has 3 saturated carbocycles. The van der Waals surface area contributed by atoms with Gasteiger partial charge in [-0.3, -0.25) is 0 Å². The summed E-state index contributed by atoms with van der Waals surface area (Å²) in [6.45, 7) is 0. The van der Waals surface area contributed by atoms with Crippen LogP contribution in [0.3, 0.4) is 0 Å². The maximum atomic E-state index is 1.61. The molecule has 136 valence electrons. The van der Waals surface area contributed by atoms with Crippen molar-refractivity contribution in [2.75, 3.05) is 0 Å². The molecule has 0 aliphatic heterocycles. The summed E-state index contributed by atoms with van der Waals surface area (Å²) >= 11 is 0. The molecule has 5 heteroatoms. The van der Waals surface area contributed by atoms with E-state index >= 15 is 0 Å². The van der Waals surface area contributed by atoms with Crippen molar-refractivity contribution in [3.05, 3.63) is 0 Å². The predicted molar refractivity (Wildman–Crippen MR) is 93.3 cm³/mol. The van der Waals surface area contributed by atoms with Crippen molar-refractivity contribution in [1.29, 1.82) is 0 Å². The molecule has 0 aromatic rings. The molecule has 0 spiro atoms. The second kappa shape index (κ2) is 15.2. The van der Waals surface area contributed by atoms with Crippen LogP contribution in [0.2, 0.25) is 0 Å². The average molecular weight is 509 g/mol. The van der Waals surface area contributed by atoms with Crippen LogP contribution >= 0.6 is 7.92 Å². The molecule has 0 bridgehead atoms. The maximum Gasteiger partial charge on any atom is 3.00 e. The van der Waals surface area contributed by atoms with Gasteiger partial charge in [0.25, 0.3) is 0 Å². The van der Waals surface area contributed by atoms with Crippen LogP contribution < -0.4 is 37.2 Å². The van der Waals surface area contributed by atoms with E-state index in [1.165, 1.54) is 36.2 Å². The van der Waals surface area contributed by atoms with Gasteiger partial charge in [-0.2, -0.15) is 0 Å². The zero-order chi connectivity index (χ0) is 12.9. The molecule has 0 N–H and O–H groups in total. The van der Waals surface area contributed by atoms with Crippen molar-refractivity contribution < 1.29 is 37.2 Å². The number of hydrogen-bond acceptors (Lipinski definition) is 0. The van der Waals surface area contributed by atoms with Crippen LogP contribution in [0.15, 0.2) is 0 Å². The number of halogens is 3. The van der Waals surface area contributed by atoms with Crippen LogP contribution in [0.1, 0.15) is 96.3 Å². The summed E-state index contributed by atoms with van der Waals surface area (Å²) < 4.78 is 0. The van der Waals surface area contributed by atoms with Gasteiger partial charge < -0.3 is 37.2 Å². The van der Waals surface area contributed by atoms with Crippen LogP contribution in [-0.4, -0.2) is 41.4 Å². The summed E-state index contributed by atoms with van der Waals surface area (Å²) in [5.41, 5.74) is 3.57. The van der Waals surface area contributed by atoms with E-state index in [1.54, 1.807) is 77.0 Å². The Bertz CT molecular complexity index is 220. The van der Waals surface area contributed by atoms with Gasteiger partial charge in [-0.05, 0) is 55.5 Å².